The number of fused-ring (bicyclic) bond motifs is 1. The third kappa shape index (κ3) is 4.04. The summed E-state index contributed by atoms with van der Waals surface area (Å²) < 4.78 is 0. The summed E-state index contributed by atoms with van der Waals surface area (Å²) in [5.41, 5.74) is 2.60. The number of para-hydroxylation sites is 1. The Morgan fingerprint density at radius 1 is 1.00 bits per heavy atom. The third-order valence-electron chi connectivity index (χ3n) is 4.93. The molecule has 27 heavy (non-hydrogen) atoms. The summed E-state index contributed by atoms with van der Waals surface area (Å²) in [6.45, 7) is 2.02. The molecule has 2 heterocycles. The topological polar surface area (TPSA) is 33.2 Å². The van der Waals surface area contributed by atoms with E-state index in [9.17, 15) is 4.79 Å². The van der Waals surface area contributed by atoms with Crippen molar-refractivity contribution in [1.29, 1.82) is 0 Å². The quantitative estimate of drug-likeness (QED) is 0.427. The highest BCUT2D eigenvalue weighted by Gasteiger charge is 2.16. The van der Waals surface area contributed by atoms with Crippen molar-refractivity contribution in [2.45, 2.75) is 19.3 Å². The molecule has 136 valence electrons. The summed E-state index contributed by atoms with van der Waals surface area (Å²) in [5, 5.41) is 1.71. The molecule has 0 amide bonds. The molecule has 0 radical (unpaired) electrons. The summed E-state index contributed by atoms with van der Waals surface area (Å²) in [4.78, 5) is 19.8. The van der Waals surface area contributed by atoms with Gasteiger partial charge in [-0.2, -0.15) is 0 Å². The number of allylic oxidation sites excluding steroid dienone is 1. The van der Waals surface area contributed by atoms with Crippen LogP contribution in [0.15, 0.2) is 60.7 Å². The zero-order valence-electron chi connectivity index (χ0n) is 15.1. The van der Waals surface area contributed by atoms with Crippen molar-refractivity contribution in [3.8, 4) is 0 Å². The molecule has 0 bridgehead atoms. The minimum atomic E-state index is -0.0376. The lowest BCUT2D eigenvalue weighted by Gasteiger charge is -2.29. The number of carbonyl (C=O) groups is 1. The molecule has 4 heteroatoms. The number of rotatable bonds is 4. The molecule has 0 atom stereocenters. The number of hydrogen-bond acceptors (Lipinski definition) is 3. The van der Waals surface area contributed by atoms with Crippen molar-refractivity contribution in [2.75, 3.05) is 18.0 Å². The van der Waals surface area contributed by atoms with Crippen LogP contribution in [0.4, 0.5) is 5.82 Å². The van der Waals surface area contributed by atoms with Crippen LogP contribution < -0.4 is 4.90 Å². The Labute approximate surface area is 164 Å². The van der Waals surface area contributed by atoms with E-state index >= 15 is 0 Å². The number of anilines is 1. The Hall–Kier alpha value is -2.65. The predicted molar refractivity (Wildman–Crippen MR) is 113 cm³/mol. The monoisotopic (exact) mass is 376 g/mol. The third-order valence-corrected chi connectivity index (χ3v) is 5.18. The highest BCUT2D eigenvalue weighted by atomic mass is 35.5. The van der Waals surface area contributed by atoms with E-state index in [-0.39, 0.29) is 5.78 Å². The lowest BCUT2D eigenvalue weighted by atomic mass is 10.1. The van der Waals surface area contributed by atoms with Crippen LogP contribution in [0.3, 0.4) is 0 Å². The van der Waals surface area contributed by atoms with Crippen LogP contribution in [0.1, 0.15) is 35.2 Å². The first-order valence-electron chi connectivity index (χ1n) is 9.33. The van der Waals surface area contributed by atoms with Crippen LogP contribution in [0.5, 0.6) is 0 Å². The van der Waals surface area contributed by atoms with Crippen molar-refractivity contribution < 1.29 is 4.79 Å². The van der Waals surface area contributed by atoms with Crippen LogP contribution in [-0.2, 0) is 0 Å². The standard InChI is InChI=1S/C23H21ClN2O/c24-20-11-8-17(9-12-20)22(27)13-10-19-16-18-6-2-3-7-21(18)25-23(19)26-14-4-1-5-15-26/h2-3,6-13,16H,1,4-5,14-15H2/b13-10+. The van der Waals surface area contributed by atoms with E-state index in [4.69, 9.17) is 16.6 Å². The molecule has 0 saturated carbocycles. The number of carbonyl (C=O) groups excluding carboxylic acids is 1. The molecule has 0 N–H and O–H groups in total. The molecule has 1 aliphatic rings. The van der Waals surface area contributed by atoms with E-state index in [1.165, 1.54) is 19.3 Å². The highest BCUT2D eigenvalue weighted by molar-refractivity contribution is 6.30. The van der Waals surface area contributed by atoms with Gasteiger partial charge in [0.2, 0.25) is 0 Å². The molecule has 1 fully saturated rings. The Morgan fingerprint density at radius 2 is 1.74 bits per heavy atom. The summed E-state index contributed by atoms with van der Waals surface area (Å²) in [6.07, 6.45) is 7.15. The summed E-state index contributed by atoms with van der Waals surface area (Å²) >= 11 is 5.91. The predicted octanol–water partition coefficient (Wildman–Crippen LogP) is 5.77. The van der Waals surface area contributed by atoms with Crippen LogP contribution in [-0.4, -0.2) is 23.9 Å². The number of pyridine rings is 1. The maximum Gasteiger partial charge on any atom is 0.185 e. The van der Waals surface area contributed by atoms with Gasteiger partial charge < -0.3 is 4.90 Å². The van der Waals surface area contributed by atoms with Crippen LogP contribution in [0.2, 0.25) is 5.02 Å². The number of nitrogens with zero attached hydrogens (tertiary/aromatic N) is 2. The van der Waals surface area contributed by atoms with Crippen molar-refractivity contribution in [3.05, 3.63) is 76.8 Å². The van der Waals surface area contributed by atoms with Gasteiger partial charge in [-0.1, -0.05) is 29.8 Å². The summed E-state index contributed by atoms with van der Waals surface area (Å²) in [5.74, 6) is 0.929. The molecular weight excluding hydrogens is 356 g/mol. The van der Waals surface area contributed by atoms with Crippen molar-refractivity contribution in [2.24, 2.45) is 0 Å². The van der Waals surface area contributed by atoms with Gasteiger partial charge in [-0.15, -0.1) is 0 Å². The van der Waals surface area contributed by atoms with Crippen LogP contribution in [0, 0.1) is 0 Å². The van der Waals surface area contributed by atoms with Gasteiger partial charge in [0.15, 0.2) is 5.78 Å². The number of ketones is 1. The minimum absolute atomic E-state index is 0.0376. The molecule has 1 aromatic heterocycles. The van der Waals surface area contributed by atoms with E-state index in [2.05, 4.69) is 17.0 Å². The zero-order valence-corrected chi connectivity index (χ0v) is 15.8. The fraction of sp³-hybridized carbons (Fsp3) is 0.217. The van der Waals surface area contributed by atoms with Gasteiger partial charge in [0, 0.05) is 34.6 Å². The van der Waals surface area contributed by atoms with Gasteiger partial charge in [-0.3, -0.25) is 4.79 Å². The number of halogens is 1. The summed E-state index contributed by atoms with van der Waals surface area (Å²) in [7, 11) is 0. The van der Waals surface area contributed by atoms with Gasteiger partial charge in [-0.25, -0.2) is 4.98 Å². The van der Waals surface area contributed by atoms with Gasteiger partial charge >= 0.3 is 0 Å². The van der Waals surface area contributed by atoms with E-state index in [1.54, 1.807) is 30.3 Å². The molecule has 3 aromatic rings. The molecule has 0 unspecified atom stereocenters. The molecule has 1 saturated heterocycles. The Balaban J connectivity index is 1.70. The number of aromatic nitrogens is 1. The Morgan fingerprint density at radius 3 is 2.52 bits per heavy atom. The zero-order chi connectivity index (χ0) is 18.6. The van der Waals surface area contributed by atoms with Crippen molar-refractivity contribution in [3.63, 3.8) is 0 Å². The molecule has 0 aliphatic carbocycles. The molecule has 0 spiro atoms. The molecule has 4 rings (SSSR count). The number of piperidine rings is 1. The normalized spacial score (nSPS) is 14.8. The first-order chi connectivity index (χ1) is 13.2. The van der Waals surface area contributed by atoms with E-state index in [1.807, 2.05) is 24.3 Å². The second-order valence-electron chi connectivity index (χ2n) is 6.85. The second kappa shape index (κ2) is 7.93. The fourth-order valence-electron chi connectivity index (χ4n) is 3.48. The molecule has 2 aromatic carbocycles. The van der Waals surface area contributed by atoms with Crippen LogP contribution >= 0.6 is 11.6 Å². The fourth-order valence-corrected chi connectivity index (χ4v) is 3.61. The molecule has 3 nitrogen and oxygen atoms in total. The first-order valence-corrected chi connectivity index (χ1v) is 9.71. The first kappa shape index (κ1) is 17.7. The second-order valence-corrected chi connectivity index (χ2v) is 7.28. The van der Waals surface area contributed by atoms with E-state index in [0.717, 1.165) is 35.4 Å². The van der Waals surface area contributed by atoms with Gasteiger partial charge in [0.25, 0.3) is 0 Å². The largest absolute Gasteiger partial charge is 0.356 e. The molecule has 1 aliphatic heterocycles. The van der Waals surface area contributed by atoms with Crippen molar-refractivity contribution in [1.82, 2.24) is 4.98 Å². The lowest BCUT2D eigenvalue weighted by molar-refractivity contribution is 0.104. The van der Waals surface area contributed by atoms with Crippen LogP contribution in [0.25, 0.3) is 17.0 Å². The Kier molecular flexibility index (Phi) is 5.21. The van der Waals surface area contributed by atoms with Gasteiger partial charge in [-0.05, 0) is 67.8 Å². The number of benzene rings is 2. The highest BCUT2D eigenvalue weighted by Crippen LogP contribution is 2.27. The smallest absolute Gasteiger partial charge is 0.185 e. The summed E-state index contributed by atoms with van der Waals surface area (Å²) in [6, 6.07) is 17.2. The average Bonchev–Trinajstić information content (AvgIpc) is 2.72. The molecular formula is C23H21ClN2O. The van der Waals surface area contributed by atoms with Crippen molar-refractivity contribution >= 4 is 40.2 Å². The Bertz CT molecular complexity index is 989. The van der Waals surface area contributed by atoms with Gasteiger partial charge in [0.1, 0.15) is 5.82 Å². The average molecular weight is 377 g/mol. The van der Waals surface area contributed by atoms with E-state index < -0.39 is 0 Å². The lowest BCUT2D eigenvalue weighted by Crippen LogP contribution is -2.30. The SMILES string of the molecule is O=C(/C=C/c1cc2ccccc2nc1N1CCCCC1)c1ccc(Cl)cc1. The minimum Gasteiger partial charge on any atom is -0.356 e. The maximum absolute atomic E-state index is 12.5. The van der Waals surface area contributed by atoms with E-state index in [0.29, 0.717) is 10.6 Å². The van der Waals surface area contributed by atoms with Gasteiger partial charge in [0.05, 0.1) is 5.52 Å². The maximum atomic E-state index is 12.5. The number of hydrogen-bond donors (Lipinski definition) is 0.